The Bertz CT molecular complexity index is 876. The van der Waals surface area contributed by atoms with Gasteiger partial charge in [-0.1, -0.05) is 16.4 Å². The molecule has 1 amide bonds. The highest BCUT2D eigenvalue weighted by Gasteiger charge is 2.39. The molecule has 1 fully saturated rings. The summed E-state index contributed by atoms with van der Waals surface area (Å²) in [5, 5.41) is 12.0. The SMILES string of the molecule is CN(C)[C@@H]1CN(C(=O)c2cc(-c3ccccn3)no2)C[C@@H]1n1ccnn1. The number of pyridine rings is 1. The third-order valence-corrected chi connectivity index (χ3v) is 4.64. The largest absolute Gasteiger partial charge is 0.350 e. The molecule has 0 unspecified atom stereocenters. The van der Waals surface area contributed by atoms with Gasteiger partial charge in [0.2, 0.25) is 5.76 Å². The van der Waals surface area contributed by atoms with Crippen LogP contribution in [0.5, 0.6) is 0 Å². The minimum absolute atomic E-state index is 0.0367. The third kappa shape index (κ3) is 2.97. The summed E-state index contributed by atoms with van der Waals surface area (Å²) in [6.07, 6.45) is 5.14. The molecule has 26 heavy (non-hydrogen) atoms. The number of likely N-dealkylation sites (N-methyl/N-ethyl adjacent to an activating group) is 1. The van der Waals surface area contributed by atoms with Crippen LogP contribution in [0, 0.1) is 0 Å². The molecule has 2 atom stereocenters. The summed E-state index contributed by atoms with van der Waals surface area (Å²) >= 11 is 0. The van der Waals surface area contributed by atoms with E-state index in [2.05, 4.69) is 25.4 Å². The summed E-state index contributed by atoms with van der Waals surface area (Å²) < 4.78 is 7.09. The number of aromatic nitrogens is 5. The van der Waals surface area contributed by atoms with E-state index in [1.165, 1.54) is 0 Å². The van der Waals surface area contributed by atoms with Gasteiger partial charge in [0.05, 0.1) is 24.0 Å². The fourth-order valence-electron chi connectivity index (χ4n) is 3.26. The van der Waals surface area contributed by atoms with Gasteiger partial charge in [-0.2, -0.15) is 0 Å². The molecule has 1 aliphatic heterocycles. The van der Waals surface area contributed by atoms with Crippen molar-refractivity contribution in [3.63, 3.8) is 0 Å². The van der Waals surface area contributed by atoms with Crippen LogP contribution < -0.4 is 0 Å². The Morgan fingerprint density at radius 3 is 2.81 bits per heavy atom. The zero-order chi connectivity index (χ0) is 18.1. The maximum atomic E-state index is 12.9. The fraction of sp³-hybridized carbons (Fsp3) is 0.353. The Morgan fingerprint density at radius 2 is 2.12 bits per heavy atom. The summed E-state index contributed by atoms with van der Waals surface area (Å²) in [6, 6.07) is 7.33. The van der Waals surface area contributed by atoms with Crippen LogP contribution in [0.3, 0.4) is 0 Å². The number of amides is 1. The van der Waals surface area contributed by atoms with Gasteiger partial charge in [-0.15, -0.1) is 5.10 Å². The number of likely N-dealkylation sites (tertiary alicyclic amines) is 1. The van der Waals surface area contributed by atoms with Crippen molar-refractivity contribution in [1.29, 1.82) is 0 Å². The molecule has 0 aliphatic carbocycles. The highest BCUT2D eigenvalue weighted by atomic mass is 16.5. The molecule has 3 aromatic heterocycles. The third-order valence-electron chi connectivity index (χ3n) is 4.64. The van der Waals surface area contributed by atoms with E-state index >= 15 is 0 Å². The van der Waals surface area contributed by atoms with E-state index in [1.54, 1.807) is 28.0 Å². The van der Waals surface area contributed by atoms with Crippen molar-refractivity contribution < 1.29 is 9.32 Å². The molecular weight excluding hydrogens is 334 g/mol. The summed E-state index contributed by atoms with van der Waals surface area (Å²) in [6.45, 7) is 1.11. The van der Waals surface area contributed by atoms with E-state index in [-0.39, 0.29) is 23.8 Å². The minimum atomic E-state index is -0.186. The zero-order valence-corrected chi connectivity index (χ0v) is 14.6. The van der Waals surface area contributed by atoms with Crippen molar-refractivity contribution in [1.82, 2.24) is 34.9 Å². The molecule has 4 rings (SSSR count). The van der Waals surface area contributed by atoms with Gasteiger partial charge < -0.3 is 14.3 Å². The standard InChI is InChI=1S/C17H19N7O2/c1-22(2)14-10-23(11-15(14)24-8-7-19-21-24)17(25)16-9-13(20-26-16)12-5-3-4-6-18-12/h3-9,14-15H,10-11H2,1-2H3/t14-,15+/m1/s1. The average molecular weight is 353 g/mol. The van der Waals surface area contributed by atoms with Gasteiger partial charge in [0, 0.05) is 31.5 Å². The Balaban J connectivity index is 1.54. The van der Waals surface area contributed by atoms with Crippen molar-refractivity contribution in [3.8, 4) is 11.4 Å². The lowest BCUT2D eigenvalue weighted by Gasteiger charge is -2.24. The van der Waals surface area contributed by atoms with Crippen molar-refractivity contribution in [3.05, 3.63) is 48.6 Å². The molecule has 3 aromatic rings. The molecule has 9 nitrogen and oxygen atoms in total. The molecule has 134 valence electrons. The normalized spacial score (nSPS) is 20.0. The van der Waals surface area contributed by atoms with Crippen LogP contribution in [-0.4, -0.2) is 74.1 Å². The van der Waals surface area contributed by atoms with Gasteiger partial charge in [-0.3, -0.25) is 9.78 Å². The van der Waals surface area contributed by atoms with Crippen LogP contribution in [0.25, 0.3) is 11.4 Å². The molecular formula is C17H19N7O2. The van der Waals surface area contributed by atoms with E-state index < -0.39 is 0 Å². The minimum Gasteiger partial charge on any atom is -0.350 e. The van der Waals surface area contributed by atoms with Crippen molar-refractivity contribution in [2.24, 2.45) is 0 Å². The first kappa shape index (κ1) is 16.4. The van der Waals surface area contributed by atoms with Crippen LogP contribution in [0.4, 0.5) is 0 Å². The fourth-order valence-corrected chi connectivity index (χ4v) is 3.26. The molecule has 0 spiro atoms. The molecule has 0 N–H and O–H groups in total. The number of nitrogens with zero attached hydrogens (tertiary/aromatic N) is 7. The van der Waals surface area contributed by atoms with Gasteiger partial charge in [-0.25, -0.2) is 4.68 Å². The van der Waals surface area contributed by atoms with Gasteiger partial charge >= 0.3 is 0 Å². The lowest BCUT2D eigenvalue weighted by Crippen LogP contribution is -2.37. The first-order valence-corrected chi connectivity index (χ1v) is 8.33. The maximum absolute atomic E-state index is 12.9. The predicted molar refractivity (Wildman–Crippen MR) is 92.2 cm³/mol. The first-order chi connectivity index (χ1) is 12.6. The second-order valence-corrected chi connectivity index (χ2v) is 6.48. The monoisotopic (exact) mass is 353 g/mol. The van der Waals surface area contributed by atoms with Gasteiger partial charge in [-0.05, 0) is 26.2 Å². The topological polar surface area (TPSA) is 93.2 Å². The smallest absolute Gasteiger partial charge is 0.292 e. The number of hydrogen-bond acceptors (Lipinski definition) is 7. The van der Waals surface area contributed by atoms with E-state index in [9.17, 15) is 4.79 Å². The predicted octanol–water partition coefficient (Wildman–Crippen LogP) is 0.955. The highest BCUT2D eigenvalue weighted by Crippen LogP contribution is 2.26. The Morgan fingerprint density at radius 1 is 1.23 bits per heavy atom. The molecule has 0 bridgehead atoms. The van der Waals surface area contributed by atoms with Crippen LogP contribution in [0.2, 0.25) is 0 Å². The van der Waals surface area contributed by atoms with Crippen LogP contribution in [0.1, 0.15) is 16.6 Å². The second-order valence-electron chi connectivity index (χ2n) is 6.48. The van der Waals surface area contributed by atoms with Crippen LogP contribution in [-0.2, 0) is 0 Å². The van der Waals surface area contributed by atoms with Crippen LogP contribution >= 0.6 is 0 Å². The molecule has 1 saturated heterocycles. The Hall–Kier alpha value is -3.07. The number of carbonyl (C=O) groups is 1. The van der Waals surface area contributed by atoms with E-state index in [1.807, 2.05) is 38.5 Å². The quantitative estimate of drug-likeness (QED) is 0.689. The van der Waals surface area contributed by atoms with E-state index in [0.29, 0.717) is 24.5 Å². The van der Waals surface area contributed by atoms with Gasteiger partial charge in [0.15, 0.2) is 0 Å². The zero-order valence-electron chi connectivity index (χ0n) is 14.6. The summed E-state index contributed by atoms with van der Waals surface area (Å²) in [7, 11) is 3.99. The summed E-state index contributed by atoms with van der Waals surface area (Å²) in [4.78, 5) is 21.0. The summed E-state index contributed by atoms with van der Waals surface area (Å²) in [5.74, 6) is 0.0246. The molecule has 1 aliphatic rings. The van der Waals surface area contributed by atoms with Crippen molar-refractivity contribution >= 4 is 5.91 Å². The maximum Gasteiger partial charge on any atom is 0.292 e. The molecule has 9 heteroatoms. The summed E-state index contributed by atoms with van der Waals surface area (Å²) in [5.41, 5.74) is 1.22. The Kier molecular flexibility index (Phi) is 4.21. The van der Waals surface area contributed by atoms with Crippen molar-refractivity contribution in [2.75, 3.05) is 27.2 Å². The lowest BCUT2D eigenvalue weighted by atomic mass is 10.1. The van der Waals surface area contributed by atoms with Crippen molar-refractivity contribution in [2.45, 2.75) is 12.1 Å². The van der Waals surface area contributed by atoms with Gasteiger partial charge in [0.25, 0.3) is 5.91 Å². The average Bonchev–Trinajstić information content (AvgIpc) is 3.41. The molecule has 0 aromatic carbocycles. The molecule has 4 heterocycles. The van der Waals surface area contributed by atoms with Crippen LogP contribution in [0.15, 0.2) is 47.4 Å². The number of rotatable bonds is 4. The molecule has 0 radical (unpaired) electrons. The van der Waals surface area contributed by atoms with E-state index in [0.717, 1.165) is 0 Å². The molecule has 0 saturated carbocycles. The Labute approximate surface area is 150 Å². The van der Waals surface area contributed by atoms with E-state index in [4.69, 9.17) is 4.52 Å². The number of hydrogen-bond donors (Lipinski definition) is 0. The second kappa shape index (κ2) is 6.68. The first-order valence-electron chi connectivity index (χ1n) is 8.33. The van der Waals surface area contributed by atoms with Gasteiger partial charge in [0.1, 0.15) is 5.69 Å². The highest BCUT2D eigenvalue weighted by molar-refractivity contribution is 5.92. The number of carbonyl (C=O) groups excluding carboxylic acids is 1. The lowest BCUT2D eigenvalue weighted by molar-refractivity contribution is 0.0739.